The Labute approximate surface area is 184 Å². The third-order valence-corrected chi connectivity index (χ3v) is 5.69. The van der Waals surface area contributed by atoms with Gasteiger partial charge >= 0.3 is 0 Å². The van der Waals surface area contributed by atoms with Gasteiger partial charge in [-0.25, -0.2) is 4.68 Å². The van der Waals surface area contributed by atoms with E-state index in [1.54, 1.807) is 12.4 Å². The molecular formula is C20H30Cl2N6O. The molecule has 160 valence electrons. The maximum Gasteiger partial charge on any atom is 0.258 e. The molecule has 1 unspecified atom stereocenters. The molecule has 0 bridgehead atoms. The van der Waals surface area contributed by atoms with Crippen LogP contribution in [-0.2, 0) is 6.42 Å². The molecule has 2 fully saturated rings. The number of anilines is 1. The summed E-state index contributed by atoms with van der Waals surface area (Å²) in [4.78, 5) is 19.4. The quantitative estimate of drug-likeness (QED) is 0.747. The van der Waals surface area contributed by atoms with E-state index in [0.717, 1.165) is 56.8 Å². The van der Waals surface area contributed by atoms with Crippen molar-refractivity contribution in [3.05, 3.63) is 41.9 Å². The molecule has 2 N–H and O–H groups in total. The van der Waals surface area contributed by atoms with Crippen molar-refractivity contribution < 1.29 is 4.79 Å². The Kier molecular flexibility index (Phi) is 8.89. The molecule has 9 heteroatoms. The SMILES string of the molecule is CN1CCC(n2nccc2NC(=O)c2cncc(CC3CCNC3)c2)CC1.Cl.Cl. The number of nitrogens with one attached hydrogen (secondary N) is 2. The molecule has 0 radical (unpaired) electrons. The maximum absolute atomic E-state index is 12.8. The van der Waals surface area contributed by atoms with Gasteiger partial charge in [0.2, 0.25) is 0 Å². The van der Waals surface area contributed by atoms with Crippen LogP contribution in [0.15, 0.2) is 30.7 Å². The van der Waals surface area contributed by atoms with Gasteiger partial charge in [-0.1, -0.05) is 0 Å². The van der Waals surface area contributed by atoms with Crippen LogP contribution < -0.4 is 10.6 Å². The number of rotatable bonds is 5. The molecule has 7 nitrogen and oxygen atoms in total. The van der Waals surface area contributed by atoms with Crippen molar-refractivity contribution in [3.8, 4) is 0 Å². The Hall–Kier alpha value is -1.67. The van der Waals surface area contributed by atoms with Crippen LogP contribution in [0.2, 0.25) is 0 Å². The minimum absolute atomic E-state index is 0. The second-order valence-electron chi connectivity index (χ2n) is 7.79. The Morgan fingerprint density at radius 2 is 2.03 bits per heavy atom. The number of pyridine rings is 1. The number of piperidine rings is 1. The number of carbonyl (C=O) groups is 1. The monoisotopic (exact) mass is 440 g/mol. The van der Waals surface area contributed by atoms with Gasteiger partial charge in [-0.15, -0.1) is 24.8 Å². The molecule has 29 heavy (non-hydrogen) atoms. The first-order valence-electron chi connectivity index (χ1n) is 9.87. The van der Waals surface area contributed by atoms with Gasteiger partial charge in [0.1, 0.15) is 5.82 Å². The van der Waals surface area contributed by atoms with Crippen molar-refractivity contribution in [1.29, 1.82) is 0 Å². The lowest BCUT2D eigenvalue weighted by molar-refractivity contribution is 0.102. The van der Waals surface area contributed by atoms with E-state index >= 15 is 0 Å². The summed E-state index contributed by atoms with van der Waals surface area (Å²) in [6, 6.07) is 4.18. The topological polar surface area (TPSA) is 75.1 Å². The fraction of sp³-hybridized carbons (Fsp3) is 0.550. The van der Waals surface area contributed by atoms with Crippen molar-refractivity contribution in [1.82, 2.24) is 25.0 Å². The number of hydrogen-bond donors (Lipinski definition) is 2. The molecule has 1 amide bonds. The van der Waals surface area contributed by atoms with Gasteiger partial charge in [0, 0.05) is 18.5 Å². The number of halogens is 2. The molecule has 0 aliphatic carbocycles. The van der Waals surface area contributed by atoms with Crippen LogP contribution in [0.1, 0.15) is 41.2 Å². The Morgan fingerprint density at radius 3 is 2.76 bits per heavy atom. The number of carbonyl (C=O) groups excluding carboxylic acids is 1. The van der Waals surface area contributed by atoms with Crippen molar-refractivity contribution >= 4 is 36.5 Å². The number of amides is 1. The average Bonchev–Trinajstić information content (AvgIpc) is 3.35. The third-order valence-electron chi connectivity index (χ3n) is 5.69. The van der Waals surface area contributed by atoms with Gasteiger partial charge in [0.15, 0.2) is 0 Å². The molecule has 0 aromatic carbocycles. The first-order chi connectivity index (χ1) is 13.2. The first-order valence-corrected chi connectivity index (χ1v) is 9.87. The summed E-state index contributed by atoms with van der Waals surface area (Å²) in [6.07, 6.45) is 9.53. The largest absolute Gasteiger partial charge is 0.316 e. The molecule has 2 aliphatic rings. The van der Waals surface area contributed by atoms with E-state index in [1.807, 2.05) is 23.0 Å². The molecule has 0 saturated carbocycles. The number of hydrogen-bond acceptors (Lipinski definition) is 5. The highest BCUT2D eigenvalue weighted by atomic mass is 35.5. The highest BCUT2D eigenvalue weighted by Crippen LogP contribution is 2.25. The zero-order valence-electron chi connectivity index (χ0n) is 16.7. The van der Waals surface area contributed by atoms with E-state index < -0.39 is 0 Å². The molecule has 2 aromatic heterocycles. The number of nitrogens with zero attached hydrogens (tertiary/aromatic N) is 4. The molecule has 2 aliphatic heterocycles. The average molecular weight is 441 g/mol. The second kappa shape index (κ2) is 10.9. The van der Waals surface area contributed by atoms with Crippen LogP contribution in [-0.4, -0.2) is 58.8 Å². The lowest BCUT2D eigenvalue weighted by Crippen LogP contribution is -2.32. The van der Waals surface area contributed by atoms with E-state index in [1.165, 1.54) is 6.42 Å². The molecule has 0 spiro atoms. The fourth-order valence-corrected chi connectivity index (χ4v) is 4.08. The Balaban J connectivity index is 0.00000150. The van der Waals surface area contributed by atoms with Crippen LogP contribution in [0.4, 0.5) is 5.82 Å². The van der Waals surface area contributed by atoms with Crippen LogP contribution >= 0.6 is 24.8 Å². The van der Waals surface area contributed by atoms with E-state index in [9.17, 15) is 4.79 Å². The lowest BCUT2D eigenvalue weighted by Gasteiger charge is -2.30. The van der Waals surface area contributed by atoms with Crippen molar-refractivity contribution in [2.45, 2.75) is 31.7 Å². The molecule has 4 rings (SSSR count). The minimum Gasteiger partial charge on any atom is -0.316 e. The Bertz CT molecular complexity index is 785. The zero-order chi connectivity index (χ0) is 18.6. The van der Waals surface area contributed by atoms with Gasteiger partial charge in [-0.05, 0) is 76.5 Å². The summed E-state index contributed by atoms with van der Waals surface area (Å²) in [5.74, 6) is 1.28. The predicted octanol–water partition coefficient (Wildman–Crippen LogP) is 2.79. The first kappa shape index (κ1) is 23.6. The molecular weight excluding hydrogens is 411 g/mol. The van der Waals surface area contributed by atoms with Crippen LogP contribution in [0.3, 0.4) is 0 Å². The zero-order valence-corrected chi connectivity index (χ0v) is 18.3. The van der Waals surface area contributed by atoms with E-state index in [4.69, 9.17) is 0 Å². The normalized spacial score (nSPS) is 20.0. The van der Waals surface area contributed by atoms with Gasteiger partial charge < -0.3 is 15.5 Å². The van der Waals surface area contributed by atoms with Gasteiger partial charge in [0.25, 0.3) is 5.91 Å². The van der Waals surface area contributed by atoms with E-state index in [2.05, 4.69) is 32.7 Å². The predicted molar refractivity (Wildman–Crippen MR) is 119 cm³/mol. The Morgan fingerprint density at radius 1 is 1.24 bits per heavy atom. The molecule has 1 atom stereocenters. The van der Waals surface area contributed by atoms with Gasteiger partial charge in [-0.2, -0.15) is 5.10 Å². The smallest absolute Gasteiger partial charge is 0.258 e. The number of aromatic nitrogens is 3. The second-order valence-corrected chi connectivity index (χ2v) is 7.79. The standard InChI is InChI=1S/C20H28N6O.2ClH/c1-25-8-4-18(5-9-25)26-19(3-7-23-26)24-20(27)17-11-16(13-22-14-17)10-15-2-6-21-12-15;;/h3,7,11,13-15,18,21H,2,4-6,8-10,12H2,1H3,(H,24,27);2*1H. The van der Waals surface area contributed by atoms with Crippen molar-refractivity contribution in [2.24, 2.45) is 5.92 Å². The summed E-state index contributed by atoms with van der Waals surface area (Å²) in [5.41, 5.74) is 1.73. The summed E-state index contributed by atoms with van der Waals surface area (Å²) in [5, 5.41) is 10.9. The maximum atomic E-state index is 12.8. The van der Waals surface area contributed by atoms with E-state index in [0.29, 0.717) is 17.5 Å². The van der Waals surface area contributed by atoms with Gasteiger partial charge in [0.05, 0.1) is 17.8 Å². The molecule has 2 aromatic rings. The third kappa shape index (κ3) is 5.92. The minimum atomic E-state index is -0.122. The molecule has 4 heterocycles. The summed E-state index contributed by atoms with van der Waals surface area (Å²) in [7, 11) is 2.14. The lowest BCUT2D eigenvalue weighted by atomic mass is 9.99. The van der Waals surface area contributed by atoms with Gasteiger partial charge in [-0.3, -0.25) is 9.78 Å². The van der Waals surface area contributed by atoms with Crippen LogP contribution in [0.5, 0.6) is 0 Å². The summed E-state index contributed by atoms with van der Waals surface area (Å²) >= 11 is 0. The number of likely N-dealkylation sites (tertiary alicyclic amines) is 1. The summed E-state index contributed by atoms with van der Waals surface area (Å²) < 4.78 is 1.96. The van der Waals surface area contributed by atoms with Crippen molar-refractivity contribution in [2.75, 3.05) is 38.5 Å². The summed E-state index contributed by atoms with van der Waals surface area (Å²) in [6.45, 7) is 4.24. The molecule has 2 saturated heterocycles. The van der Waals surface area contributed by atoms with Crippen LogP contribution in [0, 0.1) is 5.92 Å². The van der Waals surface area contributed by atoms with E-state index in [-0.39, 0.29) is 30.7 Å². The fourth-order valence-electron chi connectivity index (χ4n) is 4.08. The van der Waals surface area contributed by atoms with Crippen molar-refractivity contribution in [3.63, 3.8) is 0 Å². The highest BCUT2D eigenvalue weighted by Gasteiger charge is 2.22. The highest BCUT2D eigenvalue weighted by molar-refractivity contribution is 6.03. The van der Waals surface area contributed by atoms with Crippen LogP contribution in [0.25, 0.3) is 0 Å².